The maximum absolute atomic E-state index is 6.72. The van der Waals surface area contributed by atoms with E-state index >= 15 is 0 Å². The maximum atomic E-state index is 6.72. The monoisotopic (exact) mass is 632 g/mol. The molecule has 234 valence electrons. The molecular weight excluding hydrogens is 601 g/mol. The van der Waals surface area contributed by atoms with Gasteiger partial charge in [0.05, 0.1) is 22.7 Å². The first kappa shape index (κ1) is 27.8. The second-order valence-electron chi connectivity index (χ2n) is 13.4. The lowest BCUT2D eigenvalue weighted by atomic mass is 9.82. The van der Waals surface area contributed by atoms with Gasteiger partial charge in [-0.25, -0.2) is 0 Å². The zero-order chi connectivity index (χ0) is 32.7. The van der Waals surface area contributed by atoms with Crippen molar-refractivity contribution in [3.05, 3.63) is 169 Å². The average molecular weight is 633 g/mol. The largest absolute Gasteiger partial charge is 0.453 e. The molecule has 4 nitrogen and oxygen atoms in total. The van der Waals surface area contributed by atoms with Gasteiger partial charge in [-0.1, -0.05) is 117 Å². The number of rotatable bonds is 4. The maximum Gasteiger partial charge on any atom is 0.157 e. The second-order valence-corrected chi connectivity index (χ2v) is 13.4. The normalized spacial score (nSPS) is 14.0. The molecule has 2 aliphatic heterocycles. The Morgan fingerprint density at radius 3 is 1.76 bits per heavy atom. The first-order valence-electron chi connectivity index (χ1n) is 16.8. The lowest BCUT2D eigenvalue weighted by Gasteiger charge is -2.39. The molecule has 0 fully saturated rings. The Kier molecular flexibility index (Phi) is 5.89. The molecule has 0 aromatic heterocycles. The summed E-state index contributed by atoms with van der Waals surface area (Å²) in [5.74, 6) is 3.11. The number of para-hydroxylation sites is 5. The van der Waals surface area contributed by atoms with E-state index in [4.69, 9.17) is 9.47 Å². The van der Waals surface area contributed by atoms with Crippen LogP contribution in [0.15, 0.2) is 158 Å². The van der Waals surface area contributed by atoms with Crippen LogP contribution < -0.4 is 19.3 Å². The van der Waals surface area contributed by atoms with Crippen molar-refractivity contribution in [2.75, 3.05) is 9.80 Å². The molecule has 0 atom stereocenters. The molecule has 7 aromatic rings. The summed E-state index contributed by atoms with van der Waals surface area (Å²) >= 11 is 0. The number of ether oxygens (including phenoxy) is 2. The first-order chi connectivity index (χ1) is 24.1. The van der Waals surface area contributed by atoms with Gasteiger partial charge in [-0.2, -0.15) is 0 Å². The fourth-order valence-corrected chi connectivity index (χ4v) is 7.93. The molecule has 0 saturated heterocycles. The SMILES string of the molecule is CC1(C)c2ccccc2-c2ccc(N(c3cc4c5c(c3)Oc3ccccc3N5c3ccccc3O4)c3ccccc3-c3ccccc3)cc21. The number of nitrogens with zero attached hydrogens (tertiary/aromatic N) is 2. The molecule has 2 heterocycles. The van der Waals surface area contributed by atoms with Crippen molar-refractivity contribution in [3.8, 4) is 45.3 Å². The van der Waals surface area contributed by atoms with Gasteiger partial charge in [-0.15, -0.1) is 0 Å². The molecule has 0 saturated carbocycles. The van der Waals surface area contributed by atoms with Crippen molar-refractivity contribution in [1.82, 2.24) is 0 Å². The van der Waals surface area contributed by atoms with Crippen molar-refractivity contribution in [3.63, 3.8) is 0 Å². The van der Waals surface area contributed by atoms with E-state index in [-0.39, 0.29) is 5.41 Å². The first-order valence-corrected chi connectivity index (χ1v) is 16.8. The zero-order valence-corrected chi connectivity index (χ0v) is 27.2. The lowest BCUT2D eigenvalue weighted by Crippen LogP contribution is -2.21. The summed E-state index contributed by atoms with van der Waals surface area (Å²) in [6, 6.07) is 55.7. The summed E-state index contributed by atoms with van der Waals surface area (Å²) in [6.45, 7) is 4.66. The zero-order valence-electron chi connectivity index (χ0n) is 27.2. The Hall–Kier alpha value is -6.26. The summed E-state index contributed by atoms with van der Waals surface area (Å²) in [7, 11) is 0. The molecule has 0 radical (unpaired) electrons. The molecule has 4 heteroatoms. The van der Waals surface area contributed by atoms with E-state index in [9.17, 15) is 0 Å². The third-order valence-electron chi connectivity index (χ3n) is 10.2. The predicted molar refractivity (Wildman–Crippen MR) is 199 cm³/mol. The van der Waals surface area contributed by atoms with E-state index in [0.29, 0.717) is 0 Å². The van der Waals surface area contributed by atoms with Gasteiger partial charge in [-0.3, -0.25) is 4.90 Å². The molecule has 7 aromatic carbocycles. The molecule has 0 amide bonds. The molecule has 0 bridgehead atoms. The highest BCUT2D eigenvalue weighted by molar-refractivity contribution is 5.97. The highest BCUT2D eigenvalue weighted by Crippen LogP contribution is 2.61. The third kappa shape index (κ3) is 4.10. The van der Waals surface area contributed by atoms with Crippen molar-refractivity contribution in [2.45, 2.75) is 19.3 Å². The fraction of sp³-hybridized carbons (Fsp3) is 0.0667. The number of hydrogen-bond donors (Lipinski definition) is 0. The van der Waals surface area contributed by atoms with Crippen LogP contribution >= 0.6 is 0 Å². The molecule has 3 aliphatic rings. The fourth-order valence-electron chi connectivity index (χ4n) is 7.93. The summed E-state index contributed by atoms with van der Waals surface area (Å²) in [6.07, 6.45) is 0. The van der Waals surface area contributed by atoms with Gasteiger partial charge in [0.15, 0.2) is 23.0 Å². The Balaban J connectivity index is 1.22. The van der Waals surface area contributed by atoms with Crippen LogP contribution in [0.4, 0.5) is 34.1 Å². The summed E-state index contributed by atoms with van der Waals surface area (Å²) < 4.78 is 13.4. The van der Waals surface area contributed by atoms with Gasteiger partial charge >= 0.3 is 0 Å². The standard InChI is InChI=1S/C45H32N2O2/c1-45(2)35-18-8-6-17-33(35)34-25-24-30(26-36(34)45)46(37-19-9-7-16-32(37)29-14-4-3-5-15-29)31-27-42-44-43(28-31)49-41-23-13-11-21-39(41)47(44)38-20-10-12-22-40(38)48-42/h3-28H,1-2H3. The lowest BCUT2D eigenvalue weighted by molar-refractivity contribution is 0.446. The number of hydrogen-bond acceptors (Lipinski definition) is 4. The molecule has 0 N–H and O–H groups in total. The van der Waals surface area contributed by atoms with Gasteiger partial charge in [0.1, 0.15) is 5.69 Å². The van der Waals surface area contributed by atoms with Gasteiger partial charge in [0.2, 0.25) is 0 Å². The van der Waals surface area contributed by atoms with E-state index in [1.54, 1.807) is 0 Å². The topological polar surface area (TPSA) is 24.9 Å². The molecular formula is C45H32N2O2. The Morgan fingerprint density at radius 2 is 1.04 bits per heavy atom. The van der Waals surface area contributed by atoms with E-state index < -0.39 is 0 Å². The smallest absolute Gasteiger partial charge is 0.157 e. The quantitative estimate of drug-likeness (QED) is 0.193. The minimum Gasteiger partial charge on any atom is -0.453 e. The third-order valence-corrected chi connectivity index (χ3v) is 10.2. The van der Waals surface area contributed by atoms with Gasteiger partial charge in [-0.05, 0) is 70.3 Å². The summed E-state index contributed by atoms with van der Waals surface area (Å²) in [5, 5.41) is 0. The van der Waals surface area contributed by atoms with Gasteiger partial charge in [0.25, 0.3) is 0 Å². The van der Waals surface area contributed by atoms with Crippen LogP contribution in [-0.4, -0.2) is 0 Å². The van der Waals surface area contributed by atoms with E-state index in [0.717, 1.165) is 68.2 Å². The number of fused-ring (bicyclic) bond motifs is 7. The van der Waals surface area contributed by atoms with Crippen LogP contribution in [0.2, 0.25) is 0 Å². The van der Waals surface area contributed by atoms with Crippen LogP contribution in [0.5, 0.6) is 23.0 Å². The van der Waals surface area contributed by atoms with Crippen LogP contribution in [0.25, 0.3) is 22.3 Å². The molecule has 10 rings (SSSR count). The number of anilines is 6. The van der Waals surface area contributed by atoms with E-state index in [2.05, 4.69) is 157 Å². The highest BCUT2D eigenvalue weighted by Gasteiger charge is 2.38. The summed E-state index contributed by atoms with van der Waals surface area (Å²) in [4.78, 5) is 4.63. The Labute approximate surface area is 286 Å². The van der Waals surface area contributed by atoms with E-state index in [1.807, 2.05) is 24.3 Å². The van der Waals surface area contributed by atoms with Crippen molar-refractivity contribution in [1.29, 1.82) is 0 Å². The number of benzene rings is 7. The average Bonchev–Trinajstić information content (AvgIpc) is 3.37. The van der Waals surface area contributed by atoms with Crippen LogP contribution in [0, 0.1) is 0 Å². The molecule has 0 spiro atoms. The van der Waals surface area contributed by atoms with Gasteiger partial charge < -0.3 is 14.4 Å². The highest BCUT2D eigenvalue weighted by atomic mass is 16.5. The van der Waals surface area contributed by atoms with Crippen LogP contribution in [0.1, 0.15) is 25.0 Å². The Bertz CT molecular complexity index is 2380. The minimum absolute atomic E-state index is 0.144. The van der Waals surface area contributed by atoms with Gasteiger partial charge in [0, 0.05) is 28.8 Å². The van der Waals surface area contributed by atoms with Crippen LogP contribution in [-0.2, 0) is 5.41 Å². The van der Waals surface area contributed by atoms with E-state index in [1.165, 1.54) is 22.3 Å². The van der Waals surface area contributed by atoms with Crippen molar-refractivity contribution in [2.24, 2.45) is 0 Å². The molecule has 49 heavy (non-hydrogen) atoms. The summed E-state index contributed by atoms with van der Waals surface area (Å²) in [5.41, 5.74) is 13.4. The Morgan fingerprint density at radius 1 is 0.469 bits per heavy atom. The predicted octanol–water partition coefficient (Wildman–Crippen LogP) is 12.8. The molecule has 0 unspecified atom stereocenters. The van der Waals surface area contributed by atoms with Crippen LogP contribution in [0.3, 0.4) is 0 Å². The molecule has 1 aliphatic carbocycles. The minimum atomic E-state index is -0.144. The second kappa shape index (κ2) is 10.4. The van der Waals surface area contributed by atoms with Crippen molar-refractivity contribution >= 4 is 34.1 Å². The van der Waals surface area contributed by atoms with Crippen molar-refractivity contribution < 1.29 is 9.47 Å².